The van der Waals surface area contributed by atoms with Gasteiger partial charge < -0.3 is 10.1 Å². The van der Waals surface area contributed by atoms with Gasteiger partial charge in [-0.1, -0.05) is 48.7 Å². The van der Waals surface area contributed by atoms with Gasteiger partial charge in [0.25, 0.3) is 5.91 Å². The van der Waals surface area contributed by atoms with Crippen LogP contribution in [0.3, 0.4) is 0 Å². The first kappa shape index (κ1) is 20.1. The molecule has 1 amide bonds. The first-order valence-corrected chi connectivity index (χ1v) is 10.6. The van der Waals surface area contributed by atoms with Gasteiger partial charge in [-0.2, -0.15) is 0 Å². The molecule has 0 fully saturated rings. The van der Waals surface area contributed by atoms with E-state index in [9.17, 15) is 9.59 Å². The summed E-state index contributed by atoms with van der Waals surface area (Å²) in [7, 11) is 0. The van der Waals surface area contributed by atoms with Crippen LogP contribution < -0.4 is 5.32 Å². The number of esters is 1. The van der Waals surface area contributed by atoms with Gasteiger partial charge in [-0.25, -0.2) is 4.79 Å². The van der Waals surface area contributed by atoms with Gasteiger partial charge in [0.2, 0.25) is 0 Å². The molecule has 4 rings (SSSR count). The topological polar surface area (TPSA) is 68.3 Å². The molecule has 1 heterocycles. The van der Waals surface area contributed by atoms with Crippen molar-refractivity contribution < 1.29 is 14.3 Å². The number of anilines is 1. The van der Waals surface area contributed by atoms with Crippen LogP contribution in [0.1, 0.15) is 52.9 Å². The second-order valence-corrected chi connectivity index (χ2v) is 7.83. The van der Waals surface area contributed by atoms with Crippen molar-refractivity contribution in [2.24, 2.45) is 0 Å². The number of pyridine rings is 1. The van der Waals surface area contributed by atoms with Gasteiger partial charge in [-0.15, -0.1) is 0 Å². The van der Waals surface area contributed by atoms with Gasteiger partial charge in [-0.05, 0) is 56.4 Å². The number of hydrogen-bond donors (Lipinski definition) is 1. The molecule has 0 saturated heterocycles. The highest BCUT2D eigenvalue weighted by Crippen LogP contribution is 2.29. The van der Waals surface area contributed by atoms with Crippen molar-refractivity contribution in [2.45, 2.75) is 45.4 Å². The third-order valence-electron chi connectivity index (χ3n) is 5.54. The lowest BCUT2D eigenvalue weighted by Crippen LogP contribution is -2.22. The molecular formula is C25H26N2O3. The number of carbonyl (C=O) groups is 2. The fourth-order valence-corrected chi connectivity index (χ4v) is 4.00. The molecule has 1 aliphatic rings. The zero-order valence-electron chi connectivity index (χ0n) is 17.2. The number of carbonyl (C=O) groups excluding carboxylic acids is 2. The molecule has 0 spiro atoms. The Kier molecular flexibility index (Phi) is 6.07. The number of fused-ring (bicyclic) bond motifs is 2. The molecule has 1 N–H and O–H groups in total. The number of hydrogen-bond acceptors (Lipinski definition) is 4. The van der Waals surface area contributed by atoms with Gasteiger partial charge in [-0.3, -0.25) is 9.78 Å². The zero-order chi connectivity index (χ0) is 20.9. The molecule has 2 aromatic carbocycles. The molecule has 0 aliphatic heterocycles. The fourth-order valence-electron chi connectivity index (χ4n) is 4.00. The molecule has 3 aromatic rings. The molecule has 0 atom stereocenters. The van der Waals surface area contributed by atoms with Crippen LogP contribution in [0.2, 0.25) is 0 Å². The summed E-state index contributed by atoms with van der Waals surface area (Å²) in [6.45, 7) is 1.66. The van der Waals surface area contributed by atoms with Crippen LogP contribution in [0, 0.1) is 6.92 Å². The van der Waals surface area contributed by atoms with Crippen LogP contribution in [-0.2, 0) is 22.4 Å². The van der Waals surface area contributed by atoms with Gasteiger partial charge in [0.15, 0.2) is 6.61 Å². The molecule has 0 radical (unpaired) electrons. The average Bonchev–Trinajstić information content (AvgIpc) is 2.73. The SMILES string of the molecule is Cc1ccc(NC(=O)COC(=O)c2c3c(nc4ccccc24)CCCCCC3)cc1. The summed E-state index contributed by atoms with van der Waals surface area (Å²) in [5, 5.41) is 3.56. The maximum Gasteiger partial charge on any atom is 0.339 e. The van der Waals surface area contributed by atoms with Crippen LogP contribution >= 0.6 is 0 Å². The largest absolute Gasteiger partial charge is 0.452 e. The summed E-state index contributed by atoms with van der Waals surface area (Å²) in [4.78, 5) is 30.2. The summed E-state index contributed by atoms with van der Waals surface area (Å²) in [5.74, 6) is -0.807. The maximum atomic E-state index is 13.1. The summed E-state index contributed by atoms with van der Waals surface area (Å²) in [5.41, 5.74) is 5.14. The Morgan fingerprint density at radius 2 is 1.70 bits per heavy atom. The summed E-state index contributed by atoms with van der Waals surface area (Å²) >= 11 is 0. The number of rotatable bonds is 4. The molecule has 154 valence electrons. The lowest BCUT2D eigenvalue weighted by atomic mass is 9.91. The van der Waals surface area contributed by atoms with E-state index in [0.29, 0.717) is 11.3 Å². The average molecular weight is 402 g/mol. The van der Waals surface area contributed by atoms with Crippen molar-refractivity contribution in [1.82, 2.24) is 4.98 Å². The van der Waals surface area contributed by atoms with Crippen LogP contribution in [0.5, 0.6) is 0 Å². The molecule has 0 bridgehead atoms. The molecule has 1 aromatic heterocycles. The molecule has 1 aliphatic carbocycles. The van der Waals surface area contributed by atoms with Crippen molar-refractivity contribution >= 4 is 28.5 Å². The van der Waals surface area contributed by atoms with E-state index >= 15 is 0 Å². The third kappa shape index (κ3) is 4.51. The van der Waals surface area contributed by atoms with Crippen molar-refractivity contribution in [3.05, 3.63) is 70.9 Å². The number of aromatic nitrogens is 1. The minimum atomic E-state index is -0.454. The summed E-state index contributed by atoms with van der Waals surface area (Å²) in [6.07, 6.45) is 6.13. The zero-order valence-corrected chi connectivity index (χ0v) is 17.2. The fraction of sp³-hybridized carbons (Fsp3) is 0.320. The molecule has 30 heavy (non-hydrogen) atoms. The molecule has 0 unspecified atom stereocenters. The second kappa shape index (κ2) is 9.08. The summed E-state index contributed by atoms with van der Waals surface area (Å²) in [6, 6.07) is 15.2. The van der Waals surface area contributed by atoms with Crippen LogP contribution in [-0.4, -0.2) is 23.5 Å². The third-order valence-corrected chi connectivity index (χ3v) is 5.54. The van der Waals surface area contributed by atoms with E-state index in [1.165, 1.54) is 6.42 Å². The van der Waals surface area contributed by atoms with Crippen molar-refractivity contribution in [3.63, 3.8) is 0 Å². The normalized spacial score (nSPS) is 13.8. The molecule has 5 heteroatoms. The molecular weight excluding hydrogens is 376 g/mol. The Morgan fingerprint density at radius 1 is 0.967 bits per heavy atom. The standard InChI is InChI=1S/C25H26N2O3/c1-17-12-14-18(15-13-17)26-23(28)16-30-25(29)24-19-8-4-2-3-5-10-21(19)27-22-11-7-6-9-20(22)24/h6-7,9,11-15H,2-5,8,10,16H2,1H3,(H,26,28). The lowest BCUT2D eigenvalue weighted by Gasteiger charge is -2.18. The van der Waals surface area contributed by atoms with Gasteiger partial charge in [0.05, 0.1) is 11.1 Å². The predicted octanol–water partition coefficient (Wildman–Crippen LogP) is 5.00. The van der Waals surface area contributed by atoms with Gasteiger partial charge in [0.1, 0.15) is 0 Å². The Balaban J connectivity index is 1.56. The van der Waals surface area contributed by atoms with Gasteiger partial charge >= 0.3 is 5.97 Å². The van der Waals surface area contributed by atoms with E-state index in [1.54, 1.807) is 0 Å². The minimum Gasteiger partial charge on any atom is -0.452 e. The highest BCUT2D eigenvalue weighted by Gasteiger charge is 2.23. The second-order valence-electron chi connectivity index (χ2n) is 7.83. The van der Waals surface area contributed by atoms with Crippen LogP contribution in [0.15, 0.2) is 48.5 Å². The first-order chi connectivity index (χ1) is 14.6. The van der Waals surface area contributed by atoms with E-state index < -0.39 is 5.97 Å². The number of amides is 1. The predicted molar refractivity (Wildman–Crippen MR) is 118 cm³/mol. The van der Waals surface area contributed by atoms with Crippen molar-refractivity contribution in [3.8, 4) is 0 Å². The molecule has 0 saturated carbocycles. The first-order valence-electron chi connectivity index (χ1n) is 10.6. The number of nitrogens with zero attached hydrogens (tertiary/aromatic N) is 1. The quantitative estimate of drug-likeness (QED) is 0.624. The van der Waals surface area contributed by atoms with Crippen LogP contribution in [0.4, 0.5) is 5.69 Å². The summed E-state index contributed by atoms with van der Waals surface area (Å²) < 4.78 is 5.45. The van der Waals surface area contributed by atoms with Crippen molar-refractivity contribution in [1.29, 1.82) is 0 Å². The maximum absolute atomic E-state index is 13.1. The Bertz CT molecular complexity index is 1070. The number of para-hydroxylation sites is 1. The number of benzene rings is 2. The van der Waals surface area contributed by atoms with Crippen molar-refractivity contribution in [2.75, 3.05) is 11.9 Å². The highest BCUT2D eigenvalue weighted by atomic mass is 16.5. The highest BCUT2D eigenvalue weighted by molar-refractivity contribution is 6.06. The van der Waals surface area contributed by atoms with E-state index in [2.05, 4.69) is 5.32 Å². The monoisotopic (exact) mass is 402 g/mol. The Labute approximate surface area is 176 Å². The van der Waals surface area contributed by atoms with E-state index in [4.69, 9.17) is 9.72 Å². The van der Waals surface area contributed by atoms with Gasteiger partial charge in [0, 0.05) is 16.8 Å². The smallest absolute Gasteiger partial charge is 0.339 e. The van der Waals surface area contributed by atoms with E-state index in [-0.39, 0.29) is 12.5 Å². The van der Waals surface area contributed by atoms with E-state index in [1.807, 2.05) is 55.5 Å². The minimum absolute atomic E-state index is 0.321. The Hall–Kier alpha value is -3.21. The molecule has 5 nitrogen and oxygen atoms in total. The number of nitrogens with one attached hydrogen (secondary N) is 1. The van der Waals surface area contributed by atoms with E-state index in [0.717, 1.165) is 59.8 Å². The number of ether oxygens (including phenoxy) is 1. The van der Waals surface area contributed by atoms with Crippen LogP contribution in [0.25, 0.3) is 10.9 Å². The Morgan fingerprint density at radius 3 is 2.50 bits per heavy atom. The number of aryl methyl sites for hydroxylation is 2. The lowest BCUT2D eigenvalue weighted by molar-refractivity contribution is -0.119.